The summed E-state index contributed by atoms with van der Waals surface area (Å²) < 4.78 is 5.51. The summed E-state index contributed by atoms with van der Waals surface area (Å²) in [6, 6.07) is 15.4. The SMILES string of the molecule is Cc1ccc(C(=O)N(C)CC(O)COCc2ccccc2)cc1C. The first-order valence-corrected chi connectivity index (χ1v) is 8.10. The van der Waals surface area contributed by atoms with Gasteiger partial charge in [-0.25, -0.2) is 0 Å². The highest BCUT2D eigenvalue weighted by molar-refractivity contribution is 5.94. The molecule has 24 heavy (non-hydrogen) atoms. The number of hydrogen-bond donors (Lipinski definition) is 1. The van der Waals surface area contributed by atoms with E-state index in [0.717, 1.165) is 16.7 Å². The highest BCUT2D eigenvalue weighted by atomic mass is 16.5. The van der Waals surface area contributed by atoms with Crippen molar-refractivity contribution in [1.82, 2.24) is 4.90 Å². The number of likely N-dealkylation sites (N-methyl/N-ethyl adjacent to an activating group) is 1. The molecule has 0 bridgehead atoms. The smallest absolute Gasteiger partial charge is 0.253 e. The van der Waals surface area contributed by atoms with Crippen LogP contribution in [-0.2, 0) is 11.3 Å². The number of aryl methyl sites for hydroxylation is 2. The quantitative estimate of drug-likeness (QED) is 0.850. The van der Waals surface area contributed by atoms with E-state index in [4.69, 9.17) is 4.74 Å². The number of carbonyl (C=O) groups is 1. The van der Waals surface area contributed by atoms with Crippen molar-refractivity contribution in [2.75, 3.05) is 20.2 Å². The Kier molecular flexibility index (Phi) is 6.53. The van der Waals surface area contributed by atoms with Gasteiger partial charge in [0.25, 0.3) is 5.91 Å². The van der Waals surface area contributed by atoms with Crippen LogP contribution in [0, 0.1) is 13.8 Å². The van der Waals surface area contributed by atoms with E-state index in [9.17, 15) is 9.90 Å². The summed E-state index contributed by atoms with van der Waals surface area (Å²) in [6.45, 7) is 4.88. The Hall–Kier alpha value is -2.17. The summed E-state index contributed by atoms with van der Waals surface area (Å²) >= 11 is 0. The highest BCUT2D eigenvalue weighted by Crippen LogP contribution is 2.12. The van der Waals surface area contributed by atoms with Crippen LogP contribution < -0.4 is 0 Å². The maximum Gasteiger partial charge on any atom is 0.253 e. The summed E-state index contributed by atoms with van der Waals surface area (Å²) in [6.07, 6.45) is -0.714. The van der Waals surface area contributed by atoms with Crippen molar-refractivity contribution >= 4 is 5.91 Å². The van der Waals surface area contributed by atoms with E-state index in [2.05, 4.69) is 0 Å². The summed E-state index contributed by atoms with van der Waals surface area (Å²) in [5.41, 5.74) is 3.94. The lowest BCUT2D eigenvalue weighted by Gasteiger charge is -2.21. The van der Waals surface area contributed by atoms with E-state index in [1.165, 1.54) is 4.90 Å². The van der Waals surface area contributed by atoms with Gasteiger partial charge in [0.05, 0.1) is 19.3 Å². The van der Waals surface area contributed by atoms with Crippen molar-refractivity contribution in [2.24, 2.45) is 0 Å². The summed E-state index contributed by atoms with van der Waals surface area (Å²) in [4.78, 5) is 13.9. The molecule has 0 aliphatic rings. The van der Waals surface area contributed by atoms with Crippen LogP contribution in [0.1, 0.15) is 27.0 Å². The second kappa shape index (κ2) is 8.62. The molecular weight excluding hydrogens is 302 g/mol. The third kappa shape index (κ3) is 5.18. The maximum absolute atomic E-state index is 12.4. The van der Waals surface area contributed by atoms with E-state index in [-0.39, 0.29) is 19.1 Å². The van der Waals surface area contributed by atoms with Gasteiger partial charge in [0.15, 0.2) is 0 Å². The molecule has 1 N–H and O–H groups in total. The normalized spacial score (nSPS) is 12.0. The summed E-state index contributed by atoms with van der Waals surface area (Å²) in [5.74, 6) is -0.0970. The third-order valence-corrected chi connectivity index (χ3v) is 4.01. The Morgan fingerprint density at radius 1 is 1.12 bits per heavy atom. The third-order valence-electron chi connectivity index (χ3n) is 4.01. The molecular formula is C20H25NO3. The number of ether oxygens (including phenoxy) is 1. The molecule has 128 valence electrons. The largest absolute Gasteiger partial charge is 0.389 e. The van der Waals surface area contributed by atoms with Crippen molar-refractivity contribution in [2.45, 2.75) is 26.6 Å². The van der Waals surface area contributed by atoms with Crippen molar-refractivity contribution in [3.8, 4) is 0 Å². The summed E-state index contributed by atoms with van der Waals surface area (Å²) in [7, 11) is 1.69. The zero-order chi connectivity index (χ0) is 17.5. The molecule has 2 rings (SSSR count). The molecule has 0 heterocycles. The van der Waals surface area contributed by atoms with E-state index in [1.807, 2.05) is 62.4 Å². The van der Waals surface area contributed by atoms with Gasteiger partial charge >= 0.3 is 0 Å². The first-order chi connectivity index (χ1) is 11.5. The van der Waals surface area contributed by atoms with Gasteiger partial charge in [-0.3, -0.25) is 4.79 Å². The topological polar surface area (TPSA) is 49.8 Å². The van der Waals surface area contributed by atoms with Crippen LogP contribution in [0.25, 0.3) is 0 Å². The Morgan fingerprint density at radius 2 is 1.83 bits per heavy atom. The number of aliphatic hydroxyl groups is 1. The Labute approximate surface area is 143 Å². The predicted molar refractivity (Wildman–Crippen MR) is 95.0 cm³/mol. The molecule has 2 aromatic rings. The fourth-order valence-electron chi connectivity index (χ4n) is 2.43. The van der Waals surface area contributed by atoms with Gasteiger partial charge in [-0.2, -0.15) is 0 Å². The first-order valence-electron chi connectivity index (χ1n) is 8.10. The second-order valence-corrected chi connectivity index (χ2v) is 6.14. The van der Waals surface area contributed by atoms with E-state index < -0.39 is 6.10 Å². The average Bonchev–Trinajstić information content (AvgIpc) is 2.57. The van der Waals surface area contributed by atoms with Crippen LogP contribution in [0.3, 0.4) is 0 Å². The van der Waals surface area contributed by atoms with Gasteiger partial charge in [-0.1, -0.05) is 36.4 Å². The minimum Gasteiger partial charge on any atom is -0.389 e. The molecule has 0 radical (unpaired) electrons. The zero-order valence-corrected chi connectivity index (χ0v) is 14.5. The van der Waals surface area contributed by atoms with Gasteiger partial charge in [-0.15, -0.1) is 0 Å². The second-order valence-electron chi connectivity index (χ2n) is 6.14. The Balaban J connectivity index is 1.81. The minimum atomic E-state index is -0.714. The predicted octanol–water partition coefficient (Wildman–Crippen LogP) is 2.95. The van der Waals surface area contributed by atoms with Crippen LogP contribution in [0.4, 0.5) is 0 Å². The molecule has 0 aliphatic carbocycles. The van der Waals surface area contributed by atoms with Gasteiger partial charge in [0.2, 0.25) is 0 Å². The molecule has 1 amide bonds. The van der Waals surface area contributed by atoms with Crippen molar-refractivity contribution < 1.29 is 14.6 Å². The van der Waals surface area contributed by atoms with Gasteiger partial charge in [-0.05, 0) is 42.7 Å². The molecule has 2 aromatic carbocycles. The van der Waals surface area contributed by atoms with E-state index >= 15 is 0 Å². The molecule has 0 saturated carbocycles. The van der Waals surface area contributed by atoms with Gasteiger partial charge in [0.1, 0.15) is 0 Å². The number of amides is 1. The fourth-order valence-corrected chi connectivity index (χ4v) is 2.43. The van der Waals surface area contributed by atoms with Gasteiger partial charge in [0, 0.05) is 19.2 Å². The molecule has 0 fully saturated rings. The lowest BCUT2D eigenvalue weighted by atomic mass is 10.1. The molecule has 1 atom stereocenters. The Bertz CT molecular complexity index is 670. The standard InChI is InChI=1S/C20H25NO3/c1-15-9-10-18(11-16(15)2)20(23)21(3)12-19(22)14-24-13-17-7-5-4-6-8-17/h4-11,19,22H,12-14H2,1-3H3. The number of nitrogens with zero attached hydrogens (tertiary/aromatic N) is 1. The van der Waals surface area contributed by atoms with Crippen molar-refractivity contribution in [3.05, 3.63) is 70.8 Å². The van der Waals surface area contributed by atoms with E-state index in [1.54, 1.807) is 7.05 Å². The van der Waals surface area contributed by atoms with Gasteiger partial charge < -0.3 is 14.7 Å². The summed E-state index contributed by atoms with van der Waals surface area (Å²) in [5, 5.41) is 10.1. The first kappa shape index (κ1) is 18.2. The van der Waals surface area contributed by atoms with Crippen LogP contribution in [0.5, 0.6) is 0 Å². The molecule has 4 heteroatoms. The lowest BCUT2D eigenvalue weighted by molar-refractivity contribution is 0.0137. The lowest BCUT2D eigenvalue weighted by Crippen LogP contribution is -2.36. The fraction of sp³-hybridized carbons (Fsp3) is 0.350. The number of benzene rings is 2. The molecule has 4 nitrogen and oxygen atoms in total. The zero-order valence-electron chi connectivity index (χ0n) is 14.5. The Morgan fingerprint density at radius 3 is 2.50 bits per heavy atom. The molecule has 0 aliphatic heterocycles. The van der Waals surface area contributed by atoms with Crippen LogP contribution in [0.15, 0.2) is 48.5 Å². The average molecular weight is 327 g/mol. The monoisotopic (exact) mass is 327 g/mol. The molecule has 0 aromatic heterocycles. The number of rotatable bonds is 7. The van der Waals surface area contributed by atoms with Crippen LogP contribution in [0.2, 0.25) is 0 Å². The van der Waals surface area contributed by atoms with Crippen molar-refractivity contribution in [3.63, 3.8) is 0 Å². The van der Waals surface area contributed by atoms with E-state index in [0.29, 0.717) is 12.2 Å². The minimum absolute atomic E-state index is 0.0970. The number of hydrogen-bond acceptors (Lipinski definition) is 3. The number of aliphatic hydroxyl groups excluding tert-OH is 1. The van der Waals surface area contributed by atoms with Crippen LogP contribution >= 0.6 is 0 Å². The molecule has 0 saturated heterocycles. The molecule has 1 unspecified atom stereocenters. The van der Waals surface area contributed by atoms with Crippen molar-refractivity contribution in [1.29, 1.82) is 0 Å². The molecule has 0 spiro atoms. The number of carbonyl (C=O) groups excluding carboxylic acids is 1. The highest BCUT2D eigenvalue weighted by Gasteiger charge is 2.16. The maximum atomic E-state index is 12.4. The van der Waals surface area contributed by atoms with Crippen LogP contribution in [-0.4, -0.2) is 42.2 Å².